The summed E-state index contributed by atoms with van der Waals surface area (Å²) in [6, 6.07) is 18.6. The molecule has 2 amide bonds. The van der Waals surface area contributed by atoms with Crippen molar-refractivity contribution in [2.24, 2.45) is 0 Å². The molecule has 9 nitrogen and oxygen atoms in total. The van der Waals surface area contributed by atoms with Crippen LogP contribution in [0.2, 0.25) is 5.02 Å². The van der Waals surface area contributed by atoms with Crippen LogP contribution in [0, 0.1) is 0 Å². The second kappa shape index (κ2) is 14.6. The summed E-state index contributed by atoms with van der Waals surface area (Å²) in [5, 5.41) is 3.53. The third kappa shape index (κ3) is 8.20. The van der Waals surface area contributed by atoms with Crippen LogP contribution < -0.4 is 19.1 Å². The summed E-state index contributed by atoms with van der Waals surface area (Å²) in [6.07, 6.45) is 5.03. The lowest BCUT2D eigenvalue weighted by Gasteiger charge is -2.33. The molecule has 3 aromatic rings. The molecular formula is C32H38ClN3O6S. The zero-order valence-corrected chi connectivity index (χ0v) is 26.2. The maximum atomic E-state index is 14.1. The molecule has 1 atom stereocenters. The average Bonchev–Trinajstić information content (AvgIpc) is 3.03. The fraction of sp³-hybridized carbons (Fsp3) is 0.375. The summed E-state index contributed by atoms with van der Waals surface area (Å²) >= 11 is 6.10. The topological polar surface area (TPSA) is 105 Å². The Kier molecular flexibility index (Phi) is 10.9. The average molecular weight is 628 g/mol. The number of carbonyl (C=O) groups excluding carboxylic acids is 2. The van der Waals surface area contributed by atoms with Gasteiger partial charge in [-0.3, -0.25) is 13.9 Å². The molecule has 1 N–H and O–H groups in total. The normalized spacial score (nSPS) is 14.4. The van der Waals surface area contributed by atoms with E-state index >= 15 is 0 Å². The van der Waals surface area contributed by atoms with Gasteiger partial charge >= 0.3 is 0 Å². The van der Waals surface area contributed by atoms with Gasteiger partial charge in [0, 0.05) is 17.6 Å². The van der Waals surface area contributed by atoms with Crippen LogP contribution in [0.3, 0.4) is 0 Å². The van der Waals surface area contributed by atoms with E-state index in [2.05, 4.69) is 5.32 Å². The molecule has 1 aliphatic rings. The number of ether oxygens (including phenoxy) is 2. The van der Waals surface area contributed by atoms with Gasteiger partial charge in [0.2, 0.25) is 11.8 Å². The Balaban J connectivity index is 1.68. The Morgan fingerprint density at radius 1 is 0.930 bits per heavy atom. The molecule has 0 heterocycles. The summed E-state index contributed by atoms with van der Waals surface area (Å²) in [5.74, 6) is 0.282. The molecule has 0 bridgehead atoms. The van der Waals surface area contributed by atoms with E-state index in [1.54, 1.807) is 68.6 Å². The number of sulfonamides is 1. The smallest absolute Gasteiger partial charge is 0.264 e. The van der Waals surface area contributed by atoms with Crippen molar-refractivity contribution in [2.75, 3.05) is 25.1 Å². The highest BCUT2D eigenvalue weighted by atomic mass is 35.5. The highest BCUT2D eigenvalue weighted by molar-refractivity contribution is 7.92. The lowest BCUT2D eigenvalue weighted by atomic mass is 9.95. The van der Waals surface area contributed by atoms with E-state index < -0.39 is 28.5 Å². The van der Waals surface area contributed by atoms with Crippen molar-refractivity contribution < 1.29 is 27.5 Å². The monoisotopic (exact) mass is 627 g/mol. The van der Waals surface area contributed by atoms with Crippen LogP contribution in [-0.4, -0.2) is 58.0 Å². The first-order valence-electron chi connectivity index (χ1n) is 14.3. The zero-order chi connectivity index (χ0) is 31.0. The second-order valence-corrected chi connectivity index (χ2v) is 12.9. The van der Waals surface area contributed by atoms with Gasteiger partial charge in [0.1, 0.15) is 24.1 Å². The molecule has 0 unspecified atom stereocenters. The van der Waals surface area contributed by atoms with E-state index in [0.717, 1.165) is 42.0 Å². The number of nitrogens with zero attached hydrogens (tertiary/aromatic N) is 2. The minimum Gasteiger partial charge on any atom is -0.497 e. The summed E-state index contributed by atoms with van der Waals surface area (Å²) in [5.41, 5.74) is 0.996. The lowest BCUT2D eigenvalue weighted by molar-refractivity contribution is -0.139. The fourth-order valence-electron chi connectivity index (χ4n) is 5.13. The van der Waals surface area contributed by atoms with Gasteiger partial charge in [0.25, 0.3) is 10.0 Å². The van der Waals surface area contributed by atoms with Gasteiger partial charge in [-0.05, 0) is 86.0 Å². The number of methoxy groups -OCH3 is 2. The van der Waals surface area contributed by atoms with E-state index in [1.165, 1.54) is 24.1 Å². The number of halogens is 1. The van der Waals surface area contributed by atoms with Gasteiger partial charge in [0.05, 0.1) is 24.8 Å². The minimum absolute atomic E-state index is 0.0153. The lowest BCUT2D eigenvalue weighted by Crippen LogP contribution is -2.53. The third-order valence-corrected chi connectivity index (χ3v) is 9.69. The van der Waals surface area contributed by atoms with Gasteiger partial charge < -0.3 is 19.7 Å². The molecule has 4 rings (SSSR count). The molecule has 0 radical (unpaired) electrons. The Bertz CT molecular complexity index is 1490. The number of amides is 2. The molecule has 43 heavy (non-hydrogen) atoms. The predicted molar refractivity (Wildman–Crippen MR) is 167 cm³/mol. The number of rotatable bonds is 12. The number of hydrogen-bond acceptors (Lipinski definition) is 6. The van der Waals surface area contributed by atoms with E-state index in [4.69, 9.17) is 21.1 Å². The van der Waals surface area contributed by atoms with Crippen LogP contribution in [0.5, 0.6) is 11.5 Å². The molecule has 11 heteroatoms. The summed E-state index contributed by atoms with van der Waals surface area (Å²) < 4.78 is 39.5. The molecule has 1 saturated carbocycles. The van der Waals surface area contributed by atoms with E-state index in [-0.39, 0.29) is 29.1 Å². The van der Waals surface area contributed by atoms with Gasteiger partial charge in [-0.2, -0.15) is 0 Å². The summed E-state index contributed by atoms with van der Waals surface area (Å²) in [4.78, 5) is 29.0. The zero-order valence-electron chi connectivity index (χ0n) is 24.7. The van der Waals surface area contributed by atoms with Crippen molar-refractivity contribution >= 4 is 39.1 Å². The maximum Gasteiger partial charge on any atom is 0.264 e. The molecule has 0 saturated heterocycles. The molecule has 3 aromatic carbocycles. The van der Waals surface area contributed by atoms with Crippen LogP contribution in [-0.2, 0) is 26.2 Å². The van der Waals surface area contributed by atoms with Crippen LogP contribution in [0.15, 0.2) is 77.7 Å². The maximum absolute atomic E-state index is 14.1. The Morgan fingerprint density at radius 3 is 2.21 bits per heavy atom. The fourth-order valence-corrected chi connectivity index (χ4v) is 6.67. The van der Waals surface area contributed by atoms with E-state index in [9.17, 15) is 18.0 Å². The van der Waals surface area contributed by atoms with Crippen LogP contribution in [0.4, 0.5) is 5.69 Å². The highest BCUT2D eigenvalue weighted by Gasteiger charge is 2.33. The molecule has 1 fully saturated rings. The van der Waals surface area contributed by atoms with Crippen molar-refractivity contribution in [3.05, 3.63) is 83.4 Å². The SMILES string of the molecule is COc1ccc(S(=O)(=O)N(CC(=O)N(Cc2cccc(OC)c2)[C@H](C)C(=O)NC2CCCCC2)c2ccc(Cl)cc2)cc1. The van der Waals surface area contributed by atoms with Gasteiger partial charge in [-0.15, -0.1) is 0 Å². The molecule has 230 valence electrons. The summed E-state index contributed by atoms with van der Waals surface area (Å²) in [6.45, 7) is 1.20. The minimum atomic E-state index is -4.21. The number of nitrogens with one attached hydrogen (secondary N) is 1. The Morgan fingerprint density at radius 2 is 1.58 bits per heavy atom. The first-order chi connectivity index (χ1) is 20.6. The Labute approximate surface area is 258 Å². The van der Waals surface area contributed by atoms with Crippen LogP contribution in [0.25, 0.3) is 0 Å². The first kappa shape index (κ1) is 32.2. The third-order valence-electron chi connectivity index (χ3n) is 7.65. The number of benzene rings is 3. The van der Waals surface area contributed by atoms with Crippen molar-refractivity contribution in [3.8, 4) is 11.5 Å². The first-order valence-corrected chi connectivity index (χ1v) is 16.1. The van der Waals surface area contributed by atoms with Gasteiger partial charge in [0.15, 0.2) is 0 Å². The second-order valence-electron chi connectivity index (χ2n) is 10.6. The van der Waals surface area contributed by atoms with Crippen molar-refractivity contribution in [1.29, 1.82) is 0 Å². The van der Waals surface area contributed by atoms with Crippen molar-refractivity contribution in [1.82, 2.24) is 10.2 Å². The van der Waals surface area contributed by atoms with E-state index in [1.807, 2.05) is 6.07 Å². The van der Waals surface area contributed by atoms with E-state index in [0.29, 0.717) is 16.5 Å². The Hall–Kier alpha value is -3.76. The predicted octanol–water partition coefficient (Wildman–Crippen LogP) is 5.42. The number of anilines is 1. The molecule has 0 aliphatic heterocycles. The molecule has 0 aromatic heterocycles. The van der Waals surface area contributed by atoms with Crippen molar-refractivity contribution in [3.63, 3.8) is 0 Å². The quantitative estimate of drug-likeness (QED) is 0.288. The standard InChI is InChI=1S/C32H38ClN3O6S/c1-23(32(38)34-26-9-5-4-6-10-26)35(21-24-8-7-11-29(20-24)42-3)31(37)22-36(27-14-12-25(33)13-15-27)43(39,40)30-18-16-28(41-2)17-19-30/h7-8,11-20,23,26H,4-6,9-10,21-22H2,1-3H3,(H,34,38)/t23-/m1/s1. The van der Waals surface area contributed by atoms with Crippen LogP contribution >= 0.6 is 11.6 Å². The van der Waals surface area contributed by atoms with Crippen LogP contribution in [0.1, 0.15) is 44.6 Å². The molecular weight excluding hydrogens is 590 g/mol. The van der Waals surface area contributed by atoms with Crippen molar-refractivity contribution in [2.45, 2.75) is 62.6 Å². The molecule has 0 spiro atoms. The summed E-state index contributed by atoms with van der Waals surface area (Å²) in [7, 11) is -1.16. The number of hydrogen-bond donors (Lipinski definition) is 1. The highest BCUT2D eigenvalue weighted by Crippen LogP contribution is 2.27. The van der Waals surface area contributed by atoms with Gasteiger partial charge in [-0.1, -0.05) is 43.0 Å². The molecule has 1 aliphatic carbocycles. The van der Waals surface area contributed by atoms with Gasteiger partial charge in [-0.25, -0.2) is 8.42 Å². The number of carbonyl (C=O) groups is 2. The largest absolute Gasteiger partial charge is 0.497 e.